The second-order valence-corrected chi connectivity index (χ2v) is 5.53. The zero-order valence-electron chi connectivity index (χ0n) is 13.2. The molecule has 8 heteroatoms. The molecule has 1 saturated heterocycles. The smallest absolute Gasteiger partial charge is 0.324 e. The van der Waals surface area contributed by atoms with Gasteiger partial charge in [0.15, 0.2) is 5.96 Å². The van der Waals surface area contributed by atoms with Gasteiger partial charge in [-0.2, -0.15) is 0 Å². The van der Waals surface area contributed by atoms with Gasteiger partial charge in [-0.05, 0) is 11.6 Å². The molecule has 0 aliphatic carbocycles. The first kappa shape index (κ1) is 17.1. The molecule has 1 aliphatic rings. The summed E-state index contributed by atoms with van der Waals surface area (Å²) in [6.07, 6.45) is 0. The maximum absolute atomic E-state index is 11.5. The van der Waals surface area contributed by atoms with Crippen LogP contribution in [0.25, 0.3) is 0 Å². The number of nitrogens with zero attached hydrogens (tertiary/aromatic N) is 3. The zero-order valence-corrected chi connectivity index (χ0v) is 13.9. The van der Waals surface area contributed by atoms with E-state index in [4.69, 9.17) is 11.6 Å². The van der Waals surface area contributed by atoms with Gasteiger partial charge < -0.3 is 15.5 Å². The van der Waals surface area contributed by atoms with E-state index in [2.05, 4.69) is 15.6 Å². The van der Waals surface area contributed by atoms with Crippen LogP contribution in [0.2, 0.25) is 5.02 Å². The van der Waals surface area contributed by atoms with E-state index in [0.29, 0.717) is 30.6 Å². The highest BCUT2D eigenvalue weighted by molar-refractivity contribution is 6.31. The van der Waals surface area contributed by atoms with Gasteiger partial charge in [-0.1, -0.05) is 29.8 Å². The molecule has 1 fully saturated rings. The van der Waals surface area contributed by atoms with E-state index in [1.807, 2.05) is 36.2 Å². The number of aliphatic imine (C=N–C) groups is 1. The molecule has 7 nitrogen and oxygen atoms in total. The van der Waals surface area contributed by atoms with Crippen molar-refractivity contribution in [3.63, 3.8) is 0 Å². The quantitative estimate of drug-likeness (QED) is 0.475. The number of amides is 3. The molecule has 2 N–H and O–H groups in total. The predicted molar refractivity (Wildman–Crippen MR) is 89.4 cm³/mol. The molecule has 3 amide bonds. The molecule has 0 saturated carbocycles. The average Bonchev–Trinajstić information content (AvgIpc) is 2.85. The van der Waals surface area contributed by atoms with Crippen LogP contribution in [0.15, 0.2) is 29.3 Å². The number of carbonyl (C=O) groups excluding carboxylic acids is 2. The minimum absolute atomic E-state index is 0.0694. The van der Waals surface area contributed by atoms with E-state index in [9.17, 15) is 9.59 Å². The van der Waals surface area contributed by atoms with Crippen LogP contribution in [0.4, 0.5) is 4.79 Å². The van der Waals surface area contributed by atoms with Crippen LogP contribution in [0.1, 0.15) is 5.56 Å². The first-order valence-electron chi connectivity index (χ1n) is 7.26. The summed E-state index contributed by atoms with van der Waals surface area (Å²) in [6, 6.07) is 7.27. The fourth-order valence-electron chi connectivity index (χ4n) is 2.30. The summed E-state index contributed by atoms with van der Waals surface area (Å²) in [7, 11) is 3.57. The summed E-state index contributed by atoms with van der Waals surface area (Å²) in [4.78, 5) is 30.3. The molecule has 0 bridgehead atoms. The van der Waals surface area contributed by atoms with Crippen molar-refractivity contribution in [2.45, 2.75) is 6.54 Å². The Bertz CT molecular complexity index is 604. The third kappa shape index (κ3) is 4.35. The molecule has 2 rings (SSSR count). The van der Waals surface area contributed by atoms with Crippen molar-refractivity contribution in [1.29, 1.82) is 0 Å². The fourth-order valence-corrected chi connectivity index (χ4v) is 2.50. The molecule has 0 aromatic heterocycles. The van der Waals surface area contributed by atoms with E-state index >= 15 is 0 Å². The number of halogens is 1. The van der Waals surface area contributed by atoms with Gasteiger partial charge in [0.05, 0.1) is 6.54 Å². The van der Waals surface area contributed by atoms with Crippen molar-refractivity contribution < 1.29 is 9.59 Å². The van der Waals surface area contributed by atoms with Crippen LogP contribution in [0.5, 0.6) is 0 Å². The first-order valence-corrected chi connectivity index (χ1v) is 7.64. The van der Waals surface area contributed by atoms with Gasteiger partial charge in [-0.25, -0.2) is 4.79 Å². The summed E-state index contributed by atoms with van der Waals surface area (Å²) < 4.78 is 0. The second kappa shape index (κ2) is 7.82. The minimum Gasteiger partial charge on any atom is -0.354 e. The Labute approximate surface area is 140 Å². The van der Waals surface area contributed by atoms with Crippen molar-refractivity contribution >= 4 is 29.5 Å². The predicted octanol–water partition coefficient (Wildman–Crippen LogP) is 0.899. The molecule has 1 heterocycles. The van der Waals surface area contributed by atoms with Crippen LogP contribution in [-0.2, 0) is 11.3 Å². The number of carbonyl (C=O) groups is 2. The summed E-state index contributed by atoms with van der Waals surface area (Å²) in [6.45, 7) is 1.39. The average molecular weight is 338 g/mol. The molecule has 0 radical (unpaired) electrons. The Kier molecular flexibility index (Phi) is 5.81. The number of imide groups is 1. The van der Waals surface area contributed by atoms with E-state index in [0.717, 1.165) is 5.56 Å². The molecule has 0 atom stereocenters. The molecule has 0 spiro atoms. The monoisotopic (exact) mass is 337 g/mol. The van der Waals surface area contributed by atoms with Crippen molar-refractivity contribution in [2.75, 3.05) is 33.7 Å². The van der Waals surface area contributed by atoms with Crippen molar-refractivity contribution in [3.8, 4) is 0 Å². The van der Waals surface area contributed by atoms with Crippen molar-refractivity contribution in [3.05, 3.63) is 34.9 Å². The summed E-state index contributed by atoms with van der Waals surface area (Å²) in [5.74, 6) is 0.452. The Morgan fingerprint density at radius 3 is 2.78 bits per heavy atom. The highest BCUT2D eigenvalue weighted by atomic mass is 35.5. The maximum Gasteiger partial charge on any atom is 0.324 e. The second-order valence-electron chi connectivity index (χ2n) is 5.13. The highest BCUT2D eigenvalue weighted by Gasteiger charge is 2.27. The number of nitrogens with one attached hydrogen (secondary N) is 2. The van der Waals surface area contributed by atoms with Crippen molar-refractivity contribution in [2.24, 2.45) is 4.99 Å². The van der Waals surface area contributed by atoms with Crippen LogP contribution >= 0.6 is 11.6 Å². The number of rotatable bonds is 5. The van der Waals surface area contributed by atoms with Crippen LogP contribution in [0, 0.1) is 0 Å². The summed E-state index contributed by atoms with van der Waals surface area (Å²) >= 11 is 6.16. The number of guanidine groups is 1. The van der Waals surface area contributed by atoms with Crippen LogP contribution in [0.3, 0.4) is 0 Å². The third-order valence-corrected chi connectivity index (χ3v) is 3.86. The van der Waals surface area contributed by atoms with Gasteiger partial charge in [0.25, 0.3) is 0 Å². The summed E-state index contributed by atoms with van der Waals surface area (Å²) in [5.41, 5.74) is 0.994. The van der Waals surface area contributed by atoms with E-state index < -0.39 is 0 Å². The van der Waals surface area contributed by atoms with Gasteiger partial charge in [0.1, 0.15) is 0 Å². The molecule has 0 unspecified atom stereocenters. The van der Waals surface area contributed by atoms with Gasteiger partial charge in [0, 0.05) is 38.8 Å². The lowest BCUT2D eigenvalue weighted by molar-refractivity contribution is -0.124. The molecular formula is C15H20ClN5O2. The van der Waals surface area contributed by atoms with Gasteiger partial charge in [-0.3, -0.25) is 14.7 Å². The Morgan fingerprint density at radius 1 is 1.43 bits per heavy atom. The summed E-state index contributed by atoms with van der Waals surface area (Å²) in [5, 5.41) is 6.33. The SMILES string of the molecule is CN=C(NCCN1C(=O)CNC1=O)N(C)Cc1ccccc1Cl. The lowest BCUT2D eigenvalue weighted by Crippen LogP contribution is -2.43. The maximum atomic E-state index is 11.5. The highest BCUT2D eigenvalue weighted by Crippen LogP contribution is 2.16. The normalized spacial score (nSPS) is 14.9. The Balaban J connectivity index is 1.86. The zero-order chi connectivity index (χ0) is 16.8. The topological polar surface area (TPSA) is 77.0 Å². The molecule has 1 aromatic carbocycles. The van der Waals surface area contributed by atoms with Crippen LogP contribution < -0.4 is 10.6 Å². The first-order chi connectivity index (χ1) is 11.0. The van der Waals surface area contributed by atoms with Crippen molar-refractivity contribution in [1.82, 2.24) is 20.4 Å². The molecular weight excluding hydrogens is 318 g/mol. The van der Waals surface area contributed by atoms with E-state index in [1.165, 1.54) is 4.90 Å². The third-order valence-electron chi connectivity index (χ3n) is 3.49. The fraction of sp³-hybridized carbons (Fsp3) is 0.400. The Morgan fingerprint density at radius 2 is 2.17 bits per heavy atom. The molecule has 1 aliphatic heterocycles. The lowest BCUT2D eigenvalue weighted by atomic mass is 10.2. The standard InChI is InChI=1S/C15H20ClN5O2/c1-17-14(18-7-8-21-13(22)9-19-15(21)23)20(2)10-11-5-3-4-6-12(11)16/h3-6H,7-10H2,1-2H3,(H,17,18)(H,19,23). The lowest BCUT2D eigenvalue weighted by Gasteiger charge is -2.23. The Hall–Kier alpha value is -2.28. The van der Waals surface area contributed by atoms with E-state index in [-0.39, 0.29) is 18.5 Å². The molecule has 1 aromatic rings. The molecule has 124 valence electrons. The number of urea groups is 1. The number of benzene rings is 1. The van der Waals surface area contributed by atoms with E-state index in [1.54, 1.807) is 7.05 Å². The van der Waals surface area contributed by atoms with Crippen LogP contribution in [-0.4, -0.2) is 61.4 Å². The number of hydrogen-bond acceptors (Lipinski definition) is 3. The molecule has 23 heavy (non-hydrogen) atoms. The minimum atomic E-state index is -0.351. The van der Waals surface area contributed by atoms with Gasteiger partial charge in [0.2, 0.25) is 5.91 Å². The van der Waals surface area contributed by atoms with Gasteiger partial charge >= 0.3 is 6.03 Å². The largest absolute Gasteiger partial charge is 0.354 e. The number of hydrogen-bond donors (Lipinski definition) is 2. The van der Waals surface area contributed by atoms with Gasteiger partial charge in [-0.15, -0.1) is 0 Å².